The second-order valence-corrected chi connectivity index (χ2v) is 3.01. The maximum Gasteiger partial charge on any atom is 0 e. The Morgan fingerprint density at radius 2 is 1.36 bits per heavy atom. The van der Waals surface area contributed by atoms with Crippen LogP contribution in [0, 0.1) is 14.4 Å². The van der Waals surface area contributed by atoms with Gasteiger partial charge in [-0.1, -0.05) is 69.0 Å². The van der Waals surface area contributed by atoms with Crippen molar-refractivity contribution in [3.8, 4) is 0 Å². The number of benzene rings is 1. The Morgan fingerprint density at radius 1 is 0.929 bits per heavy atom. The number of hydrogen-bond donors (Lipinski definition) is 0. The summed E-state index contributed by atoms with van der Waals surface area (Å²) in [6, 6.07) is 10.3. The first-order chi connectivity index (χ1) is 5.81. The van der Waals surface area contributed by atoms with Crippen LogP contribution in [0.3, 0.4) is 0 Å². The standard InChI is InChI=1S/C7H8.C5H12.CH3.Y/c1-7-5-3-2-4-6-7;1-3-5-4-2;;/h2-6H,1H3;3-5H2,1-2H3;1H3;/q;;-1;. The van der Waals surface area contributed by atoms with Crippen LogP contribution in [-0.4, -0.2) is 0 Å². The third-order valence-corrected chi connectivity index (χ3v) is 1.65. The second kappa shape index (κ2) is 15.8. The van der Waals surface area contributed by atoms with Gasteiger partial charge in [-0.25, -0.2) is 0 Å². The summed E-state index contributed by atoms with van der Waals surface area (Å²) in [5, 5.41) is 0. The van der Waals surface area contributed by atoms with Gasteiger partial charge >= 0.3 is 0 Å². The number of rotatable bonds is 2. The third kappa shape index (κ3) is 14.8. The zero-order valence-electron chi connectivity index (χ0n) is 10.1. The van der Waals surface area contributed by atoms with Gasteiger partial charge in [0.15, 0.2) is 0 Å². The first-order valence-corrected chi connectivity index (χ1v) is 4.82. The molecule has 0 fully saturated rings. The zero-order valence-corrected chi connectivity index (χ0v) is 12.9. The van der Waals surface area contributed by atoms with E-state index in [1.807, 2.05) is 18.2 Å². The molecule has 0 aromatic heterocycles. The van der Waals surface area contributed by atoms with Gasteiger partial charge in [0.25, 0.3) is 0 Å². The van der Waals surface area contributed by atoms with Crippen molar-refractivity contribution in [1.29, 1.82) is 0 Å². The first kappa shape index (κ1) is 19.8. The van der Waals surface area contributed by atoms with Crippen molar-refractivity contribution in [3.05, 3.63) is 43.3 Å². The van der Waals surface area contributed by atoms with Crippen molar-refractivity contribution in [3.63, 3.8) is 0 Å². The Balaban J connectivity index is -0.000000159. The zero-order chi connectivity index (χ0) is 9.23. The molecule has 1 rings (SSSR count). The van der Waals surface area contributed by atoms with Gasteiger partial charge in [-0.3, -0.25) is 0 Å². The van der Waals surface area contributed by atoms with Crippen molar-refractivity contribution in [2.75, 3.05) is 0 Å². The summed E-state index contributed by atoms with van der Waals surface area (Å²) >= 11 is 0. The Kier molecular flexibility index (Phi) is 22.4. The van der Waals surface area contributed by atoms with E-state index in [2.05, 4.69) is 32.9 Å². The molecule has 0 saturated heterocycles. The second-order valence-electron chi connectivity index (χ2n) is 3.01. The maximum atomic E-state index is 2.21. The largest absolute Gasteiger partial charge is 0.358 e. The average Bonchev–Trinajstić information content (AvgIpc) is 2.08. The fraction of sp³-hybridized carbons (Fsp3) is 0.462. The molecule has 1 aromatic carbocycles. The molecule has 0 amide bonds. The van der Waals surface area contributed by atoms with E-state index < -0.39 is 0 Å². The quantitative estimate of drug-likeness (QED) is 0.685. The van der Waals surface area contributed by atoms with E-state index in [1.165, 1.54) is 24.8 Å². The molecule has 0 unspecified atom stereocenters. The molecule has 79 valence electrons. The topological polar surface area (TPSA) is 0 Å². The molecule has 0 bridgehead atoms. The van der Waals surface area contributed by atoms with Gasteiger partial charge in [0, 0.05) is 32.7 Å². The van der Waals surface area contributed by atoms with E-state index >= 15 is 0 Å². The Hall–Kier alpha value is 0.324. The molecular formula is C13H23Y-. The van der Waals surface area contributed by atoms with Crippen LogP contribution in [0.25, 0.3) is 0 Å². The van der Waals surface area contributed by atoms with Crippen LogP contribution in [0.5, 0.6) is 0 Å². The van der Waals surface area contributed by atoms with E-state index in [1.54, 1.807) is 0 Å². The van der Waals surface area contributed by atoms with Gasteiger partial charge in [0.1, 0.15) is 0 Å². The molecule has 1 heteroatoms. The molecule has 14 heavy (non-hydrogen) atoms. The average molecular weight is 268 g/mol. The summed E-state index contributed by atoms with van der Waals surface area (Å²) in [6.07, 6.45) is 4.08. The molecule has 0 aliphatic rings. The van der Waals surface area contributed by atoms with E-state index in [0.29, 0.717) is 0 Å². The van der Waals surface area contributed by atoms with E-state index in [0.717, 1.165) is 0 Å². The number of hydrogen-bond acceptors (Lipinski definition) is 0. The molecule has 0 N–H and O–H groups in total. The number of aryl methyl sites for hydroxylation is 1. The molecule has 0 spiro atoms. The van der Waals surface area contributed by atoms with Gasteiger partial charge in [-0.05, 0) is 6.92 Å². The van der Waals surface area contributed by atoms with Crippen molar-refractivity contribution in [2.45, 2.75) is 40.0 Å². The molecular weight excluding hydrogens is 245 g/mol. The third-order valence-electron chi connectivity index (χ3n) is 1.65. The van der Waals surface area contributed by atoms with Crippen molar-refractivity contribution in [1.82, 2.24) is 0 Å². The molecule has 0 heterocycles. The van der Waals surface area contributed by atoms with E-state index in [-0.39, 0.29) is 40.1 Å². The summed E-state index contributed by atoms with van der Waals surface area (Å²) < 4.78 is 0. The van der Waals surface area contributed by atoms with Crippen molar-refractivity contribution >= 4 is 0 Å². The fourth-order valence-electron chi connectivity index (χ4n) is 0.888. The van der Waals surface area contributed by atoms with Crippen molar-refractivity contribution in [2.24, 2.45) is 0 Å². The monoisotopic (exact) mass is 268 g/mol. The minimum atomic E-state index is 0. The van der Waals surface area contributed by atoms with Gasteiger partial charge in [-0.15, -0.1) is 0 Å². The van der Waals surface area contributed by atoms with Crippen LogP contribution in [0.4, 0.5) is 0 Å². The maximum absolute atomic E-state index is 2.21. The summed E-state index contributed by atoms with van der Waals surface area (Å²) in [6.45, 7) is 6.51. The summed E-state index contributed by atoms with van der Waals surface area (Å²) in [4.78, 5) is 0. The molecule has 0 nitrogen and oxygen atoms in total. The summed E-state index contributed by atoms with van der Waals surface area (Å²) in [5.74, 6) is 0. The molecule has 0 saturated carbocycles. The number of unbranched alkanes of at least 4 members (excludes halogenated alkanes) is 2. The minimum absolute atomic E-state index is 0. The van der Waals surface area contributed by atoms with E-state index in [9.17, 15) is 0 Å². The molecule has 0 atom stereocenters. The van der Waals surface area contributed by atoms with Crippen LogP contribution in [0.1, 0.15) is 38.7 Å². The summed E-state index contributed by atoms with van der Waals surface area (Å²) in [5.41, 5.74) is 1.32. The van der Waals surface area contributed by atoms with Crippen LogP contribution < -0.4 is 0 Å². The predicted octanol–water partition coefficient (Wildman–Crippen LogP) is 4.64. The van der Waals surface area contributed by atoms with Gasteiger partial charge in [0.2, 0.25) is 0 Å². The fourth-order valence-corrected chi connectivity index (χ4v) is 0.888. The molecule has 0 aliphatic heterocycles. The predicted molar refractivity (Wildman–Crippen MR) is 62.8 cm³/mol. The van der Waals surface area contributed by atoms with Gasteiger partial charge in [-0.2, -0.15) is 0 Å². The molecule has 1 radical (unpaired) electrons. The molecule has 0 aliphatic carbocycles. The smallest absolute Gasteiger partial charge is 0 e. The Morgan fingerprint density at radius 3 is 1.50 bits per heavy atom. The Bertz CT molecular complexity index is 168. The first-order valence-electron chi connectivity index (χ1n) is 4.82. The van der Waals surface area contributed by atoms with Crippen LogP contribution in [0.15, 0.2) is 30.3 Å². The van der Waals surface area contributed by atoms with Gasteiger partial charge < -0.3 is 7.43 Å². The van der Waals surface area contributed by atoms with Crippen molar-refractivity contribution < 1.29 is 32.7 Å². The normalized spacial score (nSPS) is 7.36. The van der Waals surface area contributed by atoms with Crippen LogP contribution in [-0.2, 0) is 32.7 Å². The van der Waals surface area contributed by atoms with Gasteiger partial charge in [0.05, 0.1) is 0 Å². The summed E-state index contributed by atoms with van der Waals surface area (Å²) in [7, 11) is 0. The Labute approximate surface area is 115 Å². The SMILES string of the molecule is CCCCC.Cc1ccccc1.[CH3-].[Y]. The molecule has 1 aromatic rings. The minimum Gasteiger partial charge on any atom is -0.358 e. The van der Waals surface area contributed by atoms with Crippen LogP contribution in [0.2, 0.25) is 0 Å². The van der Waals surface area contributed by atoms with Crippen LogP contribution >= 0.6 is 0 Å². The van der Waals surface area contributed by atoms with E-state index in [4.69, 9.17) is 0 Å².